The van der Waals surface area contributed by atoms with Crippen molar-refractivity contribution in [3.8, 4) is 5.75 Å². The van der Waals surface area contributed by atoms with Crippen molar-refractivity contribution in [3.05, 3.63) is 29.3 Å². The number of carbonyl (C=O) groups excluding carboxylic acids is 1. The molecule has 0 spiro atoms. The Morgan fingerprint density at radius 1 is 1.17 bits per heavy atom. The van der Waals surface area contributed by atoms with Crippen LogP contribution in [0, 0.1) is 0 Å². The Morgan fingerprint density at radius 3 is 2.43 bits per heavy atom. The molecule has 1 aromatic carbocycles. The van der Waals surface area contributed by atoms with E-state index in [1.165, 1.54) is 12.1 Å². The summed E-state index contributed by atoms with van der Waals surface area (Å²) in [5, 5.41) is 9.34. The molecule has 1 saturated heterocycles. The average Bonchev–Trinajstić information content (AvgIpc) is 3.09. The first kappa shape index (κ1) is 22.3. The maximum atomic E-state index is 13.6. The van der Waals surface area contributed by atoms with E-state index in [0.29, 0.717) is 30.8 Å². The molecule has 1 amide bonds. The zero-order valence-electron chi connectivity index (χ0n) is 17.6. The molecule has 0 bridgehead atoms. The second kappa shape index (κ2) is 8.40. The van der Waals surface area contributed by atoms with Crippen LogP contribution in [0.4, 0.5) is 13.6 Å². The van der Waals surface area contributed by atoms with Crippen molar-refractivity contribution in [2.45, 2.75) is 76.4 Å². The predicted molar refractivity (Wildman–Crippen MR) is 106 cm³/mol. The van der Waals surface area contributed by atoms with E-state index in [1.54, 1.807) is 31.7 Å². The third-order valence-electron chi connectivity index (χ3n) is 5.50. The number of alkyl halides is 2. The molecule has 166 valence electrons. The molecule has 1 atom stereocenters. The molecule has 30 heavy (non-hydrogen) atoms. The number of halogens is 2. The third-order valence-corrected chi connectivity index (χ3v) is 5.50. The molecule has 1 heterocycles. The van der Waals surface area contributed by atoms with Crippen molar-refractivity contribution in [2.24, 2.45) is 0 Å². The van der Waals surface area contributed by atoms with Crippen molar-refractivity contribution in [1.29, 1.82) is 0 Å². The van der Waals surface area contributed by atoms with Gasteiger partial charge in [0.15, 0.2) is 0 Å². The van der Waals surface area contributed by atoms with E-state index in [1.807, 2.05) is 0 Å². The number of nitrogens with zero attached hydrogens (tertiary/aromatic N) is 1. The van der Waals surface area contributed by atoms with Crippen LogP contribution >= 0.6 is 0 Å². The van der Waals surface area contributed by atoms with Gasteiger partial charge in [-0.3, -0.25) is 0 Å². The van der Waals surface area contributed by atoms with E-state index in [9.17, 15) is 23.5 Å². The standard InChI is InChI=1S/C22H29F2NO5/c1-21(2,3)30-20(28)25-11-8-16(13-25)29-18-5-4-15(19(26)27)12-17(18)14-6-9-22(23,24)10-7-14/h4-5,12,14,16H,6-11,13H2,1-3H3,(H,26,27)/t16-/m0/s1. The van der Waals surface area contributed by atoms with Crippen LogP contribution in [-0.2, 0) is 4.74 Å². The number of carboxylic acid groups (broad SMARTS) is 1. The fourth-order valence-electron chi connectivity index (χ4n) is 3.96. The monoisotopic (exact) mass is 425 g/mol. The number of hydrogen-bond acceptors (Lipinski definition) is 4. The highest BCUT2D eigenvalue weighted by Gasteiger charge is 2.37. The van der Waals surface area contributed by atoms with E-state index in [4.69, 9.17) is 9.47 Å². The molecule has 1 N–H and O–H groups in total. The third kappa shape index (κ3) is 5.61. The maximum Gasteiger partial charge on any atom is 0.410 e. The fraction of sp³-hybridized carbons (Fsp3) is 0.636. The van der Waals surface area contributed by atoms with Crippen LogP contribution in [0.1, 0.15) is 74.7 Å². The van der Waals surface area contributed by atoms with Gasteiger partial charge < -0.3 is 19.5 Å². The zero-order valence-corrected chi connectivity index (χ0v) is 17.6. The number of benzene rings is 1. The van der Waals surface area contributed by atoms with Gasteiger partial charge >= 0.3 is 12.1 Å². The number of rotatable bonds is 4. The van der Waals surface area contributed by atoms with E-state index >= 15 is 0 Å². The number of aromatic carboxylic acids is 1. The zero-order chi connectivity index (χ0) is 22.1. The van der Waals surface area contributed by atoms with Crippen molar-refractivity contribution < 1.29 is 33.0 Å². The molecule has 1 saturated carbocycles. The Labute approximate surface area is 175 Å². The molecule has 1 aliphatic heterocycles. The van der Waals surface area contributed by atoms with Gasteiger partial charge in [0.2, 0.25) is 5.92 Å². The maximum absolute atomic E-state index is 13.6. The topological polar surface area (TPSA) is 76.1 Å². The summed E-state index contributed by atoms with van der Waals surface area (Å²) in [6, 6.07) is 4.59. The molecule has 3 rings (SSSR count). The van der Waals surface area contributed by atoms with E-state index in [0.717, 1.165) is 0 Å². The van der Waals surface area contributed by atoms with Crippen LogP contribution in [-0.4, -0.2) is 52.8 Å². The molecule has 0 unspecified atom stereocenters. The van der Waals surface area contributed by atoms with E-state index in [-0.39, 0.29) is 43.3 Å². The molecule has 0 aromatic heterocycles. The van der Waals surface area contributed by atoms with Crippen LogP contribution in [0.3, 0.4) is 0 Å². The van der Waals surface area contributed by atoms with E-state index < -0.39 is 23.6 Å². The van der Waals surface area contributed by atoms with Gasteiger partial charge in [-0.2, -0.15) is 0 Å². The number of amides is 1. The molecular formula is C22H29F2NO5. The van der Waals surface area contributed by atoms with Crippen LogP contribution in [0.15, 0.2) is 18.2 Å². The molecule has 1 aromatic rings. The molecule has 2 aliphatic rings. The van der Waals surface area contributed by atoms with Crippen molar-refractivity contribution in [1.82, 2.24) is 4.90 Å². The minimum atomic E-state index is -2.67. The predicted octanol–water partition coefficient (Wildman–Crippen LogP) is 5.07. The summed E-state index contributed by atoms with van der Waals surface area (Å²) in [6.45, 7) is 6.27. The smallest absolute Gasteiger partial charge is 0.410 e. The van der Waals surface area contributed by atoms with Crippen molar-refractivity contribution in [2.75, 3.05) is 13.1 Å². The van der Waals surface area contributed by atoms with E-state index in [2.05, 4.69) is 0 Å². The first-order chi connectivity index (χ1) is 13.9. The van der Waals surface area contributed by atoms with Gasteiger partial charge in [0, 0.05) is 25.8 Å². The Hall–Kier alpha value is -2.38. The summed E-state index contributed by atoms with van der Waals surface area (Å²) in [5.41, 5.74) is 0.177. The van der Waals surface area contributed by atoms with Crippen molar-refractivity contribution in [3.63, 3.8) is 0 Å². The summed E-state index contributed by atoms with van der Waals surface area (Å²) in [7, 11) is 0. The minimum Gasteiger partial charge on any atom is -0.488 e. The minimum absolute atomic E-state index is 0.108. The highest BCUT2D eigenvalue weighted by molar-refractivity contribution is 5.88. The quantitative estimate of drug-likeness (QED) is 0.729. The van der Waals surface area contributed by atoms with Gasteiger partial charge in [-0.25, -0.2) is 18.4 Å². The summed E-state index contributed by atoms with van der Waals surface area (Å²) < 4.78 is 38.7. The Bertz CT molecular complexity index is 795. The lowest BCUT2D eigenvalue weighted by Crippen LogP contribution is -2.36. The van der Waals surface area contributed by atoms with Crippen LogP contribution < -0.4 is 4.74 Å². The van der Waals surface area contributed by atoms with Gasteiger partial charge in [0.1, 0.15) is 17.5 Å². The highest BCUT2D eigenvalue weighted by atomic mass is 19.3. The first-order valence-corrected chi connectivity index (χ1v) is 10.3. The summed E-state index contributed by atoms with van der Waals surface area (Å²) >= 11 is 0. The second-order valence-corrected chi connectivity index (χ2v) is 9.14. The van der Waals surface area contributed by atoms with Crippen LogP contribution in [0.5, 0.6) is 5.75 Å². The van der Waals surface area contributed by atoms with Gasteiger partial charge in [-0.1, -0.05) is 0 Å². The molecule has 2 fully saturated rings. The summed E-state index contributed by atoms with van der Waals surface area (Å²) in [6.07, 6.45) is 0.0698. The van der Waals surface area contributed by atoms with Crippen LogP contribution in [0.2, 0.25) is 0 Å². The summed E-state index contributed by atoms with van der Waals surface area (Å²) in [5.74, 6) is -3.41. The first-order valence-electron chi connectivity index (χ1n) is 10.3. The lowest BCUT2D eigenvalue weighted by molar-refractivity contribution is -0.0384. The van der Waals surface area contributed by atoms with Crippen LogP contribution in [0.25, 0.3) is 0 Å². The Kier molecular flexibility index (Phi) is 6.24. The largest absolute Gasteiger partial charge is 0.488 e. The number of carboxylic acids is 1. The number of likely N-dealkylation sites (tertiary alicyclic amines) is 1. The summed E-state index contributed by atoms with van der Waals surface area (Å²) in [4.78, 5) is 25.3. The number of carbonyl (C=O) groups is 2. The highest BCUT2D eigenvalue weighted by Crippen LogP contribution is 2.44. The van der Waals surface area contributed by atoms with Gasteiger partial charge in [0.25, 0.3) is 0 Å². The van der Waals surface area contributed by atoms with Gasteiger partial charge in [0.05, 0.1) is 12.1 Å². The lowest BCUT2D eigenvalue weighted by atomic mass is 9.81. The van der Waals surface area contributed by atoms with Gasteiger partial charge in [-0.05, 0) is 63.3 Å². The van der Waals surface area contributed by atoms with Crippen molar-refractivity contribution >= 4 is 12.1 Å². The molecule has 0 radical (unpaired) electrons. The number of ether oxygens (including phenoxy) is 2. The molecular weight excluding hydrogens is 396 g/mol. The molecule has 1 aliphatic carbocycles. The average molecular weight is 425 g/mol. The fourth-order valence-corrected chi connectivity index (χ4v) is 3.96. The molecule has 8 heteroatoms. The second-order valence-electron chi connectivity index (χ2n) is 9.14. The van der Waals surface area contributed by atoms with Gasteiger partial charge in [-0.15, -0.1) is 0 Å². The Balaban J connectivity index is 1.73. The normalized spacial score (nSPS) is 22.0. The molecule has 6 nitrogen and oxygen atoms in total. The SMILES string of the molecule is CC(C)(C)OC(=O)N1CC[C@H](Oc2ccc(C(=O)O)cc2C2CCC(F)(F)CC2)C1. The number of hydrogen-bond donors (Lipinski definition) is 1. The lowest BCUT2D eigenvalue weighted by Gasteiger charge is -2.30. The Morgan fingerprint density at radius 2 is 1.83 bits per heavy atom.